The highest BCUT2D eigenvalue weighted by atomic mass is 79.9. The molecule has 1 aromatic rings. The Bertz CT molecular complexity index is 346. The Morgan fingerprint density at radius 3 is 2.67 bits per heavy atom. The molecule has 0 fully saturated rings. The summed E-state index contributed by atoms with van der Waals surface area (Å²) in [7, 11) is 0. The molecular weight excluding hydrogens is 272 g/mol. The fourth-order valence-corrected chi connectivity index (χ4v) is 2.77. The lowest BCUT2D eigenvalue weighted by Crippen LogP contribution is -2.23. The maximum absolute atomic E-state index is 9.07. The van der Waals surface area contributed by atoms with Gasteiger partial charge in [0.1, 0.15) is 6.04 Å². The highest BCUT2D eigenvalue weighted by Crippen LogP contribution is 2.30. The van der Waals surface area contributed by atoms with E-state index in [9.17, 15) is 0 Å². The predicted octanol–water partition coefficient (Wildman–Crippen LogP) is 3.63. The Morgan fingerprint density at radius 1 is 1.60 bits per heavy atom. The molecule has 82 valence electrons. The zero-order chi connectivity index (χ0) is 11.4. The third-order valence-corrected chi connectivity index (χ3v) is 4.22. The van der Waals surface area contributed by atoms with Gasteiger partial charge in [0, 0.05) is 14.2 Å². The first-order chi connectivity index (χ1) is 7.04. The molecule has 1 rings (SSSR count). The monoisotopic (exact) mass is 286 g/mol. The van der Waals surface area contributed by atoms with E-state index in [4.69, 9.17) is 5.26 Å². The fraction of sp³-hybridized carbons (Fsp3) is 0.545. The van der Waals surface area contributed by atoms with Crippen LogP contribution in [-0.2, 0) is 0 Å². The number of nitriles is 1. The van der Waals surface area contributed by atoms with E-state index in [1.807, 2.05) is 6.07 Å². The number of hydrogen-bond donors (Lipinski definition) is 1. The maximum atomic E-state index is 9.07. The summed E-state index contributed by atoms with van der Waals surface area (Å²) in [6.07, 6.45) is 0. The molecule has 4 heteroatoms. The van der Waals surface area contributed by atoms with Crippen LogP contribution in [0.3, 0.4) is 0 Å². The minimum atomic E-state index is -0.178. The SMILES string of the molecule is Cc1sc(C(C#N)NCC(C)C)cc1Br. The Balaban J connectivity index is 2.71. The Morgan fingerprint density at radius 2 is 2.27 bits per heavy atom. The lowest BCUT2D eigenvalue weighted by molar-refractivity contribution is 0.528. The van der Waals surface area contributed by atoms with E-state index in [1.165, 1.54) is 4.88 Å². The second-order valence-electron chi connectivity index (χ2n) is 3.92. The largest absolute Gasteiger partial charge is 0.297 e. The van der Waals surface area contributed by atoms with Gasteiger partial charge >= 0.3 is 0 Å². The summed E-state index contributed by atoms with van der Waals surface area (Å²) in [5.41, 5.74) is 0. The predicted molar refractivity (Wildman–Crippen MR) is 68.0 cm³/mol. The Labute approximate surface area is 103 Å². The standard InChI is InChI=1S/C11H15BrN2S/c1-7(2)6-14-10(5-13)11-4-9(12)8(3)15-11/h4,7,10,14H,6H2,1-3H3. The molecule has 0 aromatic carbocycles. The van der Waals surface area contributed by atoms with Gasteiger partial charge in [-0.05, 0) is 41.4 Å². The molecule has 0 aliphatic carbocycles. The lowest BCUT2D eigenvalue weighted by atomic mass is 10.2. The fourth-order valence-electron chi connectivity index (χ4n) is 1.19. The minimum absolute atomic E-state index is 0.178. The second kappa shape index (κ2) is 5.64. The maximum Gasteiger partial charge on any atom is 0.130 e. The molecule has 1 N–H and O–H groups in total. The summed E-state index contributed by atoms with van der Waals surface area (Å²) in [6, 6.07) is 4.14. The van der Waals surface area contributed by atoms with Gasteiger partial charge < -0.3 is 0 Å². The van der Waals surface area contributed by atoms with E-state index in [0.29, 0.717) is 5.92 Å². The number of thiophene rings is 1. The Kier molecular flexibility index (Phi) is 4.78. The molecule has 0 aliphatic rings. The van der Waals surface area contributed by atoms with Crippen molar-refractivity contribution in [3.05, 3.63) is 20.3 Å². The topological polar surface area (TPSA) is 35.8 Å². The summed E-state index contributed by atoms with van der Waals surface area (Å²) in [4.78, 5) is 2.30. The molecule has 0 saturated carbocycles. The molecule has 0 aliphatic heterocycles. The van der Waals surface area contributed by atoms with Crippen LogP contribution in [0.1, 0.15) is 29.6 Å². The molecule has 0 bridgehead atoms. The van der Waals surface area contributed by atoms with Gasteiger partial charge in [-0.1, -0.05) is 13.8 Å². The second-order valence-corrected chi connectivity index (χ2v) is 6.06. The first-order valence-corrected chi connectivity index (χ1v) is 6.54. The number of hydrogen-bond acceptors (Lipinski definition) is 3. The van der Waals surface area contributed by atoms with Gasteiger partial charge in [-0.15, -0.1) is 11.3 Å². The van der Waals surface area contributed by atoms with Crippen molar-refractivity contribution in [3.63, 3.8) is 0 Å². The summed E-state index contributed by atoms with van der Waals surface area (Å²) in [5, 5.41) is 12.3. The highest BCUT2D eigenvalue weighted by Gasteiger charge is 2.14. The molecule has 0 radical (unpaired) electrons. The number of aryl methyl sites for hydroxylation is 1. The molecule has 1 heterocycles. The van der Waals surface area contributed by atoms with E-state index in [-0.39, 0.29) is 6.04 Å². The normalized spacial score (nSPS) is 12.8. The molecule has 0 spiro atoms. The van der Waals surface area contributed by atoms with Crippen LogP contribution in [0.15, 0.2) is 10.5 Å². The van der Waals surface area contributed by atoms with Crippen LogP contribution in [-0.4, -0.2) is 6.54 Å². The van der Waals surface area contributed by atoms with Crippen LogP contribution in [0.2, 0.25) is 0 Å². The summed E-state index contributed by atoms with van der Waals surface area (Å²) in [6.45, 7) is 7.19. The lowest BCUT2D eigenvalue weighted by Gasteiger charge is -2.11. The van der Waals surface area contributed by atoms with Crippen LogP contribution in [0, 0.1) is 24.2 Å². The Hall–Kier alpha value is -0.370. The van der Waals surface area contributed by atoms with Crippen molar-refractivity contribution in [1.29, 1.82) is 5.26 Å². The van der Waals surface area contributed by atoms with Gasteiger partial charge in [0.15, 0.2) is 0 Å². The zero-order valence-corrected chi connectivity index (χ0v) is 11.6. The van der Waals surface area contributed by atoms with Gasteiger partial charge in [0.2, 0.25) is 0 Å². The van der Waals surface area contributed by atoms with Crippen LogP contribution < -0.4 is 5.32 Å². The third kappa shape index (κ3) is 3.60. The van der Waals surface area contributed by atoms with Crippen molar-refractivity contribution >= 4 is 27.3 Å². The summed E-state index contributed by atoms with van der Waals surface area (Å²) in [5.74, 6) is 0.561. The number of nitrogens with zero attached hydrogens (tertiary/aromatic N) is 1. The number of halogens is 1. The molecule has 15 heavy (non-hydrogen) atoms. The molecular formula is C11H15BrN2S. The van der Waals surface area contributed by atoms with Crippen LogP contribution in [0.25, 0.3) is 0 Å². The van der Waals surface area contributed by atoms with Crippen molar-refractivity contribution in [2.45, 2.75) is 26.8 Å². The van der Waals surface area contributed by atoms with Crippen LogP contribution >= 0.6 is 27.3 Å². The van der Waals surface area contributed by atoms with Gasteiger partial charge in [0.05, 0.1) is 6.07 Å². The number of rotatable bonds is 4. The molecule has 0 amide bonds. The van der Waals surface area contributed by atoms with E-state index in [0.717, 1.165) is 15.9 Å². The molecule has 0 saturated heterocycles. The first kappa shape index (κ1) is 12.7. The van der Waals surface area contributed by atoms with E-state index in [2.05, 4.69) is 48.1 Å². The highest BCUT2D eigenvalue weighted by molar-refractivity contribution is 9.10. The molecule has 1 atom stereocenters. The van der Waals surface area contributed by atoms with Crippen molar-refractivity contribution in [2.75, 3.05) is 6.54 Å². The van der Waals surface area contributed by atoms with E-state index >= 15 is 0 Å². The molecule has 1 unspecified atom stereocenters. The molecule has 2 nitrogen and oxygen atoms in total. The summed E-state index contributed by atoms with van der Waals surface area (Å²) < 4.78 is 1.09. The number of nitrogens with one attached hydrogen (secondary N) is 1. The van der Waals surface area contributed by atoms with Crippen molar-refractivity contribution in [2.24, 2.45) is 5.92 Å². The average molecular weight is 287 g/mol. The average Bonchev–Trinajstić information content (AvgIpc) is 2.47. The van der Waals surface area contributed by atoms with Crippen molar-refractivity contribution in [1.82, 2.24) is 5.32 Å². The van der Waals surface area contributed by atoms with Crippen LogP contribution in [0.4, 0.5) is 0 Å². The minimum Gasteiger partial charge on any atom is -0.297 e. The van der Waals surface area contributed by atoms with E-state index in [1.54, 1.807) is 11.3 Å². The smallest absolute Gasteiger partial charge is 0.130 e. The van der Waals surface area contributed by atoms with Gasteiger partial charge in [0.25, 0.3) is 0 Å². The third-order valence-electron chi connectivity index (χ3n) is 2.02. The van der Waals surface area contributed by atoms with Gasteiger partial charge in [-0.3, -0.25) is 5.32 Å². The van der Waals surface area contributed by atoms with E-state index < -0.39 is 0 Å². The van der Waals surface area contributed by atoms with Crippen LogP contribution in [0.5, 0.6) is 0 Å². The van der Waals surface area contributed by atoms with Gasteiger partial charge in [-0.25, -0.2) is 0 Å². The molecule has 1 aromatic heterocycles. The first-order valence-electron chi connectivity index (χ1n) is 4.93. The summed E-state index contributed by atoms with van der Waals surface area (Å²) >= 11 is 5.13. The van der Waals surface area contributed by atoms with Gasteiger partial charge in [-0.2, -0.15) is 5.26 Å². The van der Waals surface area contributed by atoms with Crippen molar-refractivity contribution < 1.29 is 0 Å². The van der Waals surface area contributed by atoms with Crippen molar-refractivity contribution in [3.8, 4) is 6.07 Å². The zero-order valence-electron chi connectivity index (χ0n) is 9.17. The quantitative estimate of drug-likeness (QED) is 0.918.